The van der Waals surface area contributed by atoms with E-state index in [1.165, 1.54) is 0 Å². The van der Waals surface area contributed by atoms with Crippen molar-refractivity contribution in [2.24, 2.45) is 0 Å². The van der Waals surface area contributed by atoms with Gasteiger partial charge >= 0.3 is 11.9 Å². The monoisotopic (exact) mass is 400 g/mol. The van der Waals surface area contributed by atoms with Crippen LogP contribution >= 0.6 is 0 Å². The summed E-state index contributed by atoms with van der Waals surface area (Å²) in [7, 11) is 0. The molecule has 0 radical (unpaired) electrons. The van der Waals surface area contributed by atoms with Crippen LogP contribution in [0.25, 0.3) is 0 Å². The van der Waals surface area contributed by atoms with Crippen molar-refractivity contribution in [2.45, 2.75) is 34.1 Å². The molecule has 0 spiro atoms. The summed E-state index contributed by atoms with van der Waals surface area (Å²) in [5, 5.41) is 0. The third kappa shape index (κ3) is 7.14. The first-order chi connectivity index (χ1) is 13.9. The molecule has 0 aliphatic rings. The average Bonchev–Trinajstić information content (AvgIpc) is 2.67. The minimum Gasteiger partial charge on any atom is -0.482 e. The Balaban J connectivity index is 2.21. The highest BCUT2D eigenvalue weighted by Crippen LogP contribution is 2.28. The Bertz CT molecular complexity index is 774. The number of carbonyl (C=O) groups is 2. The van der Waals surface area contributed by atoms with E-state index in [0.717, 1.165) is 22.3 Å². The van der Waals surface area contributed by atoms with E-state index in [2.05, 4.69) is 0 Å². The molecule has 0 N–H and O–H groups in total. The largest absolute Gasteiger partial charge is 0.482 e. The van der Waals surface area contributed by atoms with E-state index in [1.54, 1.807) is 13.8 Å². The van der Waals surface area contributed by atoms with Gasteiger partial charge in [0.15, 0.2) is 13.2 Å². The molecule has 2 rings (SSSR count). The molecule has 0 fully saturated rings. The van der Waals surface area contributed by atoms with Crippen molar-refractivity contribution in [1.29, 1.82) is 0 Å². The van der Waals surface area contributed by atoms with Gasteiger partial charge in [-0.05, 0) is 51.0 Å². The zero-order valence-corrected chi connectivity index (χ0v) is 17.4. The Kier molecular flexibility index (Phi) is 8.52. The fourth-order valence-electron chi connectivity index (χ4n) is 2.86. The maximum absolute atomic E-state index is 11.6. The van der Waals surface area contributed by atoms with Crippen LogP contribution in [0.4, 0.5) is 0 Å². The number of esters is 2. The molecule has 0 aliphatic carbocycles. The lowest BCUT2D eigenvalue weighted by atomic mass is 10.00. The van der Waals surface area contributed by atoms with Gasteiger partial charge in [0.05, 0.1) is 13.2 Å². The Hall–Kier alpha value is -3.02. The standard InChI is InChI=1S/C23H28O6/c1-5-26-22(24)14-28-20-9-7-16(3)11-18(20)13-19-12-17(4)8-10-21(19)29-15-23(25)27-6-2/h7-12H,5-6,13-15H2,1-4H3. The molecule has 6 heteroatoms. The van der Waals surface area contributed by atoms with E-state index in [0.29, 0.717) is 31.1 Å². The molecule has 0 saturated heterocycles. The molecule has 0 bridgehead atoms. The molecule has 29 heavy (non-hydrogen) atoms. The zero-order valence-electron chi connectivity index (χ0n) is 17.4. The van der Waals surface area contributed by atoms with Crippen LogP contribution in [0, 0.1) is 13.8 Å². The molecule has 0 atom stereocenters. The van der Waals surface area contributed by atoms with Crippen LogP contribution in [-0.2, 0) is 25.5 Å². The molecule has 0 amide bonds. The lowest BCUT2D eigenvalue weighted by Gasteiger charge is -2.15. The summed E-state index contributed by atoms with van der Waals surface area (Å²) in [4.78, 5) is 23.3. The Labute approximate surface area is 171 Å². The molecule has 0 aliphatic heterocycles. The molecule has 156 valence electrons. The van der Waals surface area contributed by atoms with Gasteiger partial charge in [-0.3, -0.25) is 0 Å². The van der Waals surface area contributed by atoms with Crippen LogP contribution in [-0.4, -0.2) is 38.4 Å². The van der Waals surface area contributed by atoms with Crippen molar-refractivity contribution in [1.82, 2.24) is 0 Å². The van der Waals surface area contributed by atoms with Gasteiger partial charge in [0.1, 0.15) is 11.5 Å². The second-order valence-corrected chi connectivity index (χ2v) is 6.59. The van der Waals surface area contributed by atoms with Crippen molar-refractivity contribution in [3.63, 3.8) is 0 Å². The van der Waals surface area contributed by atoms with Gasteiger partial charge in [-0.2, -0.15) is 0 Å². The van der Waals surface area contributed by atoms with Crippen LogP contribution in [0.3, 0.4) is 0 Å². The quantitative estimate of drug-likeness (QED) is 0.565. The number of benzene rings is 2. The first-order valence-corrected chi connectivity index (χ1v) is 9.68. The van der Waals surface area contributed by atoms with Gasteiger partial charge in [-0.15, -0.1) is 0 Å². The molecular formula is C23H28O6. The number of aryl methyl sites for hydroxylation is 2. The Morgan fingerprint density at radius 3 is 1.52 bits per heavy atom. The highest BCUT2D eigenvalue weighted by molar-refractivity contribution is 5.71. The fourth-order valence-corrected chi connectivity index (χ4v) is 2.86. The van der Waals surface area contributed by atoms with E-state index >= 15 is 0 Å². The number of hydrogen-bond acceptors (Lipinski definition) is 6. The predicted octanol–water partition coefficient (Wildman–Crippen LogP) is 3.78. The van der Waals surface area contributed by atoms with Crippen LogP contribution in [0.2, 0.25) is 0 Å². The lowest BCUT2D eigenvalue weighted by Crippen LogP contribution is -2.16. The van der Waals surface area contributed by atoms with Gasteiger partial charge in [-0.25, -0.2) is 9.59 Å². The maximum Gasteiger partial charge on any atom is 0.344 e. The smallest absolute Gasteiger partial charge is 0.344 e. The summed E-state index contributed by atoms with van der Waals surface area (Å²) in [6.07, 6.45) is 0.527. The topological polar surface area (TPSA) is 71.1 Å². The van der Waals surface area contributed by atoms with Gasteiger partial charge in [0.25, 0.3) is 0 Å². The molecule has 0 heterocycles. The number of hydrogen-bond donors (Lipinski definition) is 0. The van der Waals surface area contributed by atoms with Gasteiger partial charge in [-0.1, -0.05) is 35.4 Å². The zero-order chi connectivity index (χ0) is 21.2. The molecule has 2 aromatic carbocycles. The molecular weight excluding hydrogens is 372 g/mol. The summed E-state index contributed by atoms with van der Waals surface area (Å²) in [5.74, 6) is 0.407. The van der Waals surface area contributed by atoms with Gasteiger partial charge in [0, 0.05) is 6.42 Å². The third-order valence-electron chi connectivity index (χ3n) is 4.11. The minimum atomic E-state index is -0.409. The van der Waals surface area contributed by atoms with Crippen molar-refractivity contribution in [3.8, 4) is 11.5 Å². The van der Waals surface area contributed by atoms with Crippen molar-refractivity contribution in [2.75, 3.05) is 26.4 Å². The third-order valence-corrected chi connectivity index (χ3v) is 4.11. The van der Waals surface area contributed by atoms with E-state index in [4.69, 9.17) is 18.9 Å². The summed E-state index contributed by atoms with van der Waals surface area (Å²) in [6, 6.07) is 11.6. The van der Waals surface area contributed by atoms with Crippen molar-refractivity contribution >= 4 is 11.9 Å². The summed E-state index contributed by atoms with van der Waals surface area (Å²) >= 11 is 0. The highest BCUT2D eigenvalue weighted by atomic mass is 16.6. The van der Waals surface area contributed by atoms with E-state index in [9.17, 15) is 9.59 Å². The second-order valence-electron chi connectivity index (χ2n) is 6.59. The number of ether oxygens (including phenoxy) is 4. The molecule has 6 nitrogen and oxygen atoms in total. The molecule has 0 aromatic heterocycles. The number of rotatable bonds is 10. The van der Waals surface area contributed by atoms with Crippen LogP contribution in [0.15, 0.2) is 36.4 Å². The van der Waals surface area contributed by atoms with E-state index < -0.39 is 11.9 Å². The fraction of sp³-hybridized carbons (Fsp3) is 0.391. The first kappa shape index (κ1) is 22.3. The van der Waals surface area contributed by atoms with Gasteiger partial charge in [0.2, 0.25) is 0 Å². The lowest BCUT2D eigenvalue weighted by molar-refractivity contribution is -0.146. The second kappa shape index (κ2) is 11.1. The molecule has 0 unspecified atom stereocenters. The van der Waals surface area contributed by atoms with Crippen LogP contribution in [0.5, 0.6) is 11.5 Å². The van der Waals surface area contributed by atoms with Gasteiger partial charge < -0.3 is 18.9 Å². The van der Waals surface area contributed by atoms with Crippen molar-refractivity contribution in [3.05, 3.63) is 58.7 Å². The van der Waals surface area contributed by atoms with Crippen molar-refractivity contribution < 1.29 is 28.5 Å². The molecule has 0 saturated carbocycles. The highest BCUT2D eigenvalue weighted by Gasteiger charge is 2.13. The Morgan fingerprint density at radius 2 is 1.14 bits per heavy atom. The summed E-state index contributed by atoms with van der Waals surface area (Å²) < 4.78 is 21.2. The predicted molar refractivity (Wildman–Crippen MR) is 109 cm³/mol. The average molecular weight is 400 g/mol. The summed E-state index contributed by atoms with van der Waals surface area (Å²) in [6.45, 7) is 7.82. The van der Waals surface area contributed by atoms with E-state index in [1.807, 2.05) is 50.2 Å². The van der Waals surface area contributed by atoms with E-state index in [-0.39, 0.29) is 13.2 Å². The molecule has 2 aromatic rings. The minimum absolute atomic E-state index is 0.149. The normalized spacial score (nSPS) is 10.3. The first-order valence-electron chi connectivity index (χ1n) is 9.68. The van der Waals surface area contributed by atoms with Crippen LogP contribution < -0.4 is 9.47 Å². The summed E-state index contributed by atoms with van der Waals surface area (Å²) in [5.41, 5.74) is 3.98. The van der Waals surface area contributed by atoms with Crippen LogP contribution in [0.1, 0.15) is 36.1 Å². The SMILES string of the molecule is CCOC(=O)COc1ccc(C)cc1Cc1cc(C)ccc1OCC(=O)OCC. The Morgan fingerprint density at radius 1 is 0.724 bits per heavy atom. The number of carbonyl (C=O) groups excluding carboxylic acids is 2. The maximum atomic E-state index is 11.6.